The minimum atomic E-state index is -0.949. The van der Waals surface area contributed by atoms with Crippen LogP contribution >= 0.6 is 0 Å². The highest BCUT2D eigenvalue weighted by molar-refractivity contribution is 5.88. The van der Waals surface area contributed by atoms with Gasteiger partial charge in [-0.3, -0.25) is 4.90 Å². The summed E-state index contributed by atoms with van der Waals surface area (Å²) >= 11 is 0. The Kier molecular flexibility index (Phi) is 4.47. The zero-order valence-corrected chi connectivity index (χ0v) is 11.5. The van der Waals surface area contributed by atoms with E-state index >= 15 is 0 Å². The number of carbonyl (C=O) groups is 1. The van der Waals surface area contributed by atoms with Crippen LogP contribution in [-0.2, 0) is 6.54 Å². The first kappa shape index (κ1) is 13.9. The van der Waals surface area contributed by atoms with Crippen LogP contribution in [0.15, 0.2) is 12.5 Å². The predicted molar refractivity (Wildman–Crippen MR) is 71.9 cm³/mol. The summed E-state index contributed by atoms with van der Waals surface area (Å²) in [5.41, 5.74) is 0.843. The largest absolute Gasteiger partial charge is 0.478 e. The van der Waals surface area contributed by atoms with E-state index in [1.54, 1.807) is 0 Å². The van der Waals surface area contributed by atoms with Gasteiger partial charge in [-0.15, -0.1) is 0 Å². The summed E-state index contributed by atoms with van der Waals surface area (Å²) in [5, 5.41) is 9.15. The lowest BCUT2D eigenvalue weighted by Crippen LogP contribution is -2.29. The number of hydrogen-bond acceptors (Lipinski definition) is 4. The molecule has 0 radical (unpaired) electrons. The summed E-state index contributed by atoms with van der Waals surface area (Å²) in [6.07, 6.45) is 6.37. The third-order valence-corrected chi connectivity index (χ3v) is 3.43. The Hall–Kier alpha value is -1.49. The molecule has 0 saturated heterocycles. The first-order chi connectivity index (χ1) is 9.08. The molecule has 1 N–H and O–H groups in total. The third-order valence-electron chi connectivity index (χ3n) is 3.43. The molecule has 1 aliphatic carbocycles. The standard InChI is InChI=1S/C14H21N3O2/c1-10(2)5-6-17(11-3-4-11)8-13-12(14(18)19)7-15-9-16-13/h7,9-11H,3-6,8H2,1-2H3,(H,18,19). The molecule has 104 valence electrons. The van der Waals surface area contributed by atoms with Crippen LogP contribution in [0.25, 0.3) is 0 Å². The van der Waals surface area contributed by atoms with E-state index < -0.39 is 5.97 Å². The Morgan fingerprint density at radius 3 is 2.84 bits per heavy atom. The number of carboxylic acids is 1. The summed E-state index contributed by atoms with van der Waals surface area (Å²) in [5.74, 6) is -0.291. The molecule has 5 heteroatoms. The van der Waals surface area contributed by atoms with Gasteiger partial charge in [0.25, 0.3) is 0 Å². The van der Waals surface area contributed by atoms with Gasteiger partial charge in [-0.2, -0.15) is 0 Å². The summed E-state index contributed by atoms with van der Waals surface area (Å²) in [4.78, 5) is 21.5. The lowest BCUT2D eigenvalue weighted by molar-refractivity contribution is 0.0692. The van der Waals surface area contributed by atoms with Crippen LogP contribution in [0.2, 0.25) is 0 Å². The molecule has 0 bridgehead atoms. The summed E-state index contributed by atoms with van der Waals surface area (Å²) in [7, 11) is 0. The highest BCUT2D eigenvalue weighted by Crippen LogP contribution is 2.29. The van der Waals surface area contributed by atoms with Crippen molar-refractivity contribution in [2.24, 2.45) is 5.92 Å². The van der Waals surface area contributed by atoms with Gasteiger partial charge in [0.05, 0.1) is 5.69 Å². The molecule has 1 aromatic heterocycles. The Labute approximate surface area is 113 Å². The second-order valence-electron chi connectivity index (χ2n) is 5.57. The summed E-state index contributed by atoms with van der Waals surface area (Å²) in [6, 6.07) is 0.607. The average molecular weight is 263 g/mol. The summed E-state index contributed by atoms with van der Waals surface area (Å²) in [6.45, 7) is 6.03. The van der Waals surface area contributed by atoms with E-state index in [1.165, 1.54) is 25.4 Å². The molecule has 1 aromatic rings. The van der Waals surface area contributed by atoms with E-state index in [2.05, 4.69) is 28.7 Å². The lowest BCUT2D eigenvalue weighted by Gasteiger charge is -2.23. The SMILES string of the molecule is CC(C)CCN(Cc1ncncc1C(=O)O)C1CC1. The third kappa shape index (κ3) is 3.99. The Bertz CT molecular complexity index is 444. The van der Waals surface area contributed by atoms with Gasteiger partial charge in [-0.05, 0) is 31.7 Å². The molecule has 0 spiro atoms. The predicted octanol–water partition coefficient (Wildman–Crippen LogP) is 2.19. The molecule has 1 aliphatic rings. The molecule has 1 saturated carbocycles. The minimum absolute atomic E-state index is 0.220. The summed E-state index contributed by atoms with van der Waals surface area (Å²) < 4.78 is 0. The second-order valence-corrected chi connectivity index (χ2v) is 5.57. The number of nitrogens with zero attached hydrogens (tertiary/aromatic N) is 3. The van der Waals surface area contributed by atoms with Crippen molar-refractivity contribution in [3.63, 3.8) is 0 Å². The molecule has 0 amide bonds. The molecular weight excluding hydrogens is 242 g/mol. The fourth-order valence-corrected chi connectivity index (χ4v) is 2.11. The van der Waals surface area contributed by atoms with Gasteiger partial charge in [0.15, 0.2) is 0 Å². The van der Waals surface area contributed by atoms with Crippen LogP contribution < -0.4 is 0 Å². The Morgan fingerprint density at radius 1 is 1.53 bits per heavy atom. The molecular formula is C14H21N3O2. The van der Waals surface area contributed by atoms with Crippen molar-refractivity contribution in [2.45, 2.75) is 45.7 Å². The molecule has 2 rings (SSSR count). The molecule has 0 atom stereocenters. The van der Waals surface area contributed by atoms with Crippen molar-refractivity contribution in [3.8, 4) is 0 Å². The van der Waals surface area contributed by atoms with Crippen LogP contribution in [0.3, 0.4) is 0 Å². The molecule has 0 aliphatic heterocycles. The lowest BCUT2D eigenvalue weighted by atomic mass is 10.1. The highest BCUT2D eigenvalue weighted by Gasteiger charge is 2.30. The van der Waals surface area contributed by atoms with Gasteiger partial charge in [0.2, 0.25) is 0 Å². The second kappa shape index (κ2) is 6.10. The molecule has 1 heterocycles. The number of carboxylic acid groups (broad SMARTS) is 1. The monoisotopic (exact) mass is 263 g/mol. The maximum absolute atomic E-state index is 11.2. The van der Waals surface area contributed by atoms with Crippen LogP contribution in [0.4, 0.5) is 0 Å². The Balaban J connectivity index is 2.06. The van der Waals surface area contributed by atoms with Gasteiger partial charge < -0.3 is 5.11 Å². The molecule has 5 nitrogen and oxygen atoms in total. The normalized spacial score (nSPS) is 15.2. The van der Waals surface area contributed by atoms with Crippen molar-refractivity contribution in [2.75, 3.05) is 6.54 Å². The maximum Gasteiger partial charge on any atom is 0.339 e. The number of aromatic carboxylic acids is 1. The topological polar surface area (TPSA) is 66.3 Å². The van der Waals surface area contributed by atoms with E-state index in [0.29, 0.717) is 24.2 Å². The fourth-order valence-electron chi connectivity index (χ4n) is 2.11. The van der Waals surface area contributed by atoms with E-state index in [-0.39, 0.29) is 5.56 Å². The smallest absolute Gasteiger partial charge is 0.339 e. The van der Waals surface area contributed by atoms with Gasteiger partial charge in [-0.1, -0.05) is 13.8 Å². The van der Waals surface area contributed by atoms with Gasteiger partial charge in [0, 0.05) is 18.8 Å². The van der Waals surface area contributed by atoms with Crippen LogP contribution in [0.5, 0.6) is 0 Å². The first-order valence-electron chi connectivity index (χ1n) is 6.84. The van der Waals surface area contributed by atoms with Crippen LogP contribution in [0, 0.1) is 5.92 Å². The highest BCUT2D eigenvalue weighted by atomic mass is 16.4. The van der Waals surface area contributed by atoms with Crippen molar-refractivity contribution >= 4 is 5.97 Å². The number of hydrogen-bond donors (Lipinski definition) is 1. The van der Waals surface area contributed by atoms with E-state index in [0.717, 1.165) is 13.0 Å². The van der Waals surface area contributed by atoms with Crippen molar-refractivity contribution in [1.82, 2.24) is 14.9 Å². The van der Waals surface area contributed by atoms with Crippen LogP contribution in [0.1, 0.15) is 49.2 Å². The number of rotatable bonds is 7. The molecule has 19 heavy (non-hydrogen) atoms. The molecule has 1 fully saturated rings. The van der Waals surface area contributed by atoms with E-state index in [1.807, 2.05) is 0 Å². The average Bonchev–Trinajstić information content (AvgIpc) is 3.18. The van der Waals surface area contributed by atoms with Crippen LogP contribution in [-0.4, -0.2) is 38.5 Å². The maximum atomic E-state index is 11.2. The first-order valence-corrected chi connectivity index (χ1v) is 6.84. The molecule has 0 unspecified atom stereocenters. The van der Waals surface area contributed by atoms with Crippen molar-refractivity contribution < 1.29 is 9.90 Å². The Morgan fingerprint density at radius 2 is 2.26 bits per heavy atom. The number of aromatic nitrogens is 2. The van der Waals surface area contributed by atoms with Gasteiger partial charge in [0.1, 0.15) is 11.9 Å². The minimum Gasteiger partial charge on any atom is -0.478 e. The van der Waals surface area contributed by atoms with Crippen molar-refractivity contribution in [1.29, 1.82) is 0 Å². The van der Waals surface area contributed by atoms with E-state index in [9.17, 15) is 4.79 Å². The quantitative estimate of drug-likeness (QED) is 0.816. The van der Waals surface area contributed by atoms with Crippen molar-refractivity contribution in [3.05, 3.63) is 23.8 Å². The molecule has 0 aromatic carbocycles. The van der Waals surface area contributed by atoms with Gasteiger partial charge >= 0.3 is 5.97 Å². The fraction of sp³-hybridized carbons (Fsp3) is 0.643. The zero-order chi connectivity index (χ0) is 13.8. The van der Waals surface area contributed by atoms with E-state index in [4.69, 9.17) is 5.11 Å². The zero-order valence-electron chi connectivity index (χ0n) is 11.5. The van der Waals surface area contributed by atoms with Gasteiger partial charge in [-0.25, -0.2) is 14.8 Å².